The molecule has 0 aliphatic heterocycles. The minimum atomic E-state index is -0.00678. The van der Waals surface area contributed by atoms with Gasteiger partial charge in [-0.2, -0.15) is 10.2 Å². The zero-order valence-corrected chi connectivity index (χ0v) is 18.1. The molecule has 31 heavy (non-hydrogen) atoms. The SMILES string of the molecule is Cc1nn(-c2ccccc2)c2sc(C(=O)N(C)Cc3cnn(-c4ccccc4)c3)cc12. The van der Waals surface area contributed by atoms with Crippen LogP contribution in [0.4, 0.5) is 0 Å². The van der Waals surface area contributed by atoms with Crippen LogP contribution in [-0.2, 0) is 6.54 Å². The number of aryl methyl sites for hydroxylation is 1. The van der Waals surface area contributed by atoms with Crippen LogP contribution in [-0.4, -0.2) is 37.4 Å². The van der Waals surface area contributed by atoms with Crippen molar-refractivity contribution in [1.29, 1.82) is 0 Å². The Bertz CT molecular complexity index is 1350. The number of thiophene rings is 1. The van der Waals surface area contributed by atoms with Crippen LogP contribution in [0.2, 0.25) is 0 Å². The van der Waals surface area contributed by atoms with Gasteiger partial charge in [-0.3, -0.25) is 4.79 Å². The molecule has 1 amide bonds. The van der Waals surface area contributed by atoms with E-state index in [2.05, 4.69) is 10.2 Å². The van der Waals surface area contributed by atoms with Gasteiger partial charge in [0.1, 0.15) is 4.83 Å². The molecule has 0 radical (unpaired) electrons. The van der Waals surface area contributed by atoms with Crippen LogP contribution < -0.4 is 0 Å². The molecule has 0 spiro atoms. The second-order valence-electron chi connectivity index (χ2n) is 7.45. The lowest BCUT2D eigenvalue weighted by Gasteiger charge is -2.15. The average Bonchev–Trinajstić information content (AvgIpc) is 3.51. The van der Waals surface area contributed by atoms with Crippen LogP contribution in [0.3, 0.4) is 0 Å². The highest BCUT2D eigenvalue weighted by atomic mass is 32.1. The Hall–Kier alpha value is -3.71. The predicted octanol–water partition coefficient (Wildman–Crippen LogP) is 4.85. The number of nitrogens with zero attached hydrogens (tertiary/aromatic N) is 5. The molecule has 0 bridgehead atoms. The molecule has 0 N–H and O–H groups in total. The van der Waals surface area contributed by atoms with E-state index in [-0.39, 0.29) is 5.91 Å². The highest BCUT2D eigenvalue weighted by Crippen LogP contribution is 2.31. The van der Waals surface area contributed by atoms with Gasteiger partial charge in [0, 0.05) is 30.7 Å². The first-order chi connectivity index (χ1) is 15.1. The van der Waals surface area contributed by atoms with Crippen LogP contribution in [0.25, 0.3) is 21.6 Å². The van der Waals surface area contributed by atoms with Crippen molar-refractivity contribution in [3.8, 4) is 11.4 Å². The van der Waals surface area contributed by atoms with E-state index in [1.54, 1.807) is 11.1 Å². The molecule has 0 fully saturated rings. The highest BCUT2D eigenvalue weighted by molar-refractivity contribution is 7.20. The molecule has 5 aromatic rings. The maximum atomic E-state index is 13.1. The summed E-state index contributed by atoms with van der Waals surface area (Å²) in [7, 11) is 1.82. The van der Waals surface area contributed by atoms with Gasteiger partial charge in [-0.25, -0.2) is 9.36 Å². The molecule has 0 atom stereocenters. The molecule has 2 aromatic carbocycles. The molecule has 0 saturated heterocycles. The number of hydrogen-bond donors (Lipinski definition) is 0. The first kappa shape index (κ1) is 19.3. The summed E-state index contributed by atoms with van der Waals surface area (Å²) in [5.41, 5.74) is 3.88. The lowest BCUT2D eigenvalue weighted by atomic mass is 10.2. The van der Waals surface area contributed by atoms with E-state index in [0.717, 1.165) is 32.8 Å². The molecular weight excluding hydrogens is 406 g/mol. The third-order valence-electron chi connectivity index (χ3n) is 5.18. The van der Waals surface area contributed by atoms with Crippen molar-refractivity contribution in [3.05, 3.63) is 95.3 Å². The number of hydrogen-bond acceptors (Lipinski definition) is 4. The van der Waals surface area contributed by atoms with E-state index < -0.39 is 0 Å². The minimum absolute atomic E-state index is 0.00678. The van der Waals surface area contributed by atoms with Gasteiger partial charge in [0.15, 0.2) is 0 Å². The van der Waals surface area contributed by atoms with Crippen LogP contribution in [0, 0.1) is 6.92 Å². The van der Waals surface area contributed by atoms with Crippen LogP contribution >= 0.6 is 11.3 Å². The maximum absolute atomic E-state index is 13.1. The van der Waals surface area contributed by atoms with E-state index in [1.807, 2.05) is 96.3 Å². The maximum Gasteiger partial charge on any atom is 0.264 e. The summed E-state index contributed by atoms with van der Waals surface area (Å²) in [6.45, 7) is 2.47. The Kier molecular flexibility index (Phi) is 4.88. The van der Waals surface area contributed by atoms with Gasteiger partial charge in [0.2, 0.25) is 0 Å². The molecule has 0 unspecified atom stereocenters. The largest absolute Gasteiger partial charge is 0.337 e. The second kappa shape index (κ2) is 7.85. The minimum Gasteiger partial charge on any atom is -0.337 e. The van der Waals surface area contributed by atoms with Crippen molar-refractivity contribution < 1.29 is 4.79 Å². The number of benzene rings is 2. The van der Waals surface area contributed by atoms with Crippen molar-refractivity contribution in [2.45, 2.75) is 13.5 Å². The molecule has 0 saturated carbocycles. The lowest BCUT2D eigenvalue weighted by Crippen LogP contribution is -2.25. The molecule has 0 aliphatic carbocycles. The van der Waals surface area contributed by atoms with Gasteiger partial charge < -0.3 is 4.90 Å². The molecule has 0 aliphatic rings. The van der Waals surface area contributed by atoms with Crippen molar-refractivity contribution in [1.82, 2.24) is 24.5 Å². The number of aromatic nitrogens is 4. The lowest BCUT2D eigenvalue weighted by molar-refractivity contribution is 0.0790. The normalized spacial score (nSPS) is 11.2. The Balaban J connectivity index is 1.38. The number of carbonyl (C=O) groups is 1. The molecule has 3 aromatic heterocycles. The van der Waals surface area contributed by atoms with Gasteiger partial charge in [-0.15, -0.1) is 11.3 Å². The summed E-state index contributed by atoms with van der Waals surface area (Å²) in [6.07, 6.45) is 3.76. The molecular formula is C24H21N5OS. The van der Waals surface area contributed by atoms with Crippen molar-refractivity contribution in [2.24, 2.45) is 0 Å². The summed E-state index contributed by atoms with van der Waals surface area (Å²) in [6, 6.07) is 21.9. The van der Waals surface area contributed by atoms with E-state index in [4.69, 9.17) is 0 Å². The summed E-state index contributed by atoms with van der Waals surface area (Å²) in [5.74, 6) is -0.00678. The topological polar surface area (TPSA) is 56.0 Å². The third kappa shape index (κ3) is 3.64. The molecule has 154 valence electrons. The summed E-state index contributed by atoms with van der Waals surface area (Å²) in [5, 5.41) is 10.1. The Morgan fingerprint density at radius 3 is 2.42 bits per heavy atom. The van der Waals surface area contributed by atoms with E-state index >= 15 is 0 Å². The molecule has 7 heteroatoms. The molecule has 5 rings (SSSR count). The van der Waals surface area contributed by atoms with Crippen molar-refractivity contribution in [2.75, 3.05) is 7.05 Å². The van der Waals surface area contributed by atoms with Crippen LogP contribution in [0.15, 0.2) is 79.1 Å². The Morgan fingerprint density at radius 1 is 1.03 bits per heavy atom. The summed E-state index contributed by atoms with van der Waals surface area (Å²) in [4.78, 5) is 16.6. The number of para-hydroxylation sites is 2. The van der Waals surface area contributed by atoms with Gasteiger partial charge >= 0.3 is 0 Å². The monoisotopic (exact) mass is 427 g/mol. The number of carbonyl (C=O) groups excluding carboxylic acids is 1. The smallest absolute Gasteiger partial charge is 0.264 e. The van der Waals surface area contributed by atoms with Crippen molar-refractivity contribution >= 4 is 27.5 Å². The quantitative estimate of drug-likeness (QED) is 0.403. The van der Waals surface area contributed by atoms with Gasteiger partial charge in [0.25, 0.3) is 5.91 Å². The zero-order chi connectivity index (χ0) is 21.4. The second-order valence-corrected chi connectivity index (χ2v) is 8.48. The third-order valence-corrected chi connectivity index (χ3v) is 6.28. The Morgan fingerprint density at radius 2 is 1.71 bits per heavy atom. The zero-order valence-electron chi connectivity index (χ0n) is 17.3. The number of amides is 1. The van der Waals surface area contributed by atoms with E-state index in [1.165, 1.54) is 11.3 Å². The predicted molar refractivity (Wildman–Crippen MR) is 123 cm³/mol. The standard InChI is InChI=1S/C24H21N5OS/c1-17-21-13-22(31-24(21)29(26-17)20-11-7-4-8-12-20)23(30)27(2)15-18-14-25-28(16-18)19-9-5-3-6-10-19/h3-14,16H,15H2,1-2H3. The number of fused-ring (bicyclic) bond motifs is 1. The van der Waals surface area contributed by atoms with E-state index in [9.17, 15) is 4.79 Å². The number of rotatable bonds is 5. The van der Waals surface area contributed by atoms with E-state index in [0.29, 0.717) is 11.4 Å². The fourth-order valence-corrected chi connectivity index (χ4v) is 4.77. The first-order valence-corrected chi connectivity index (χ1v) is 10.8. The van der Waals surface area contributed by atoms with Gasteiger partial charge in [-0.05, 0) is 37.3 Å². The van der Waals surface area contributed by atoms with Crippen LogP contribution in [0.1, 0.15) is 20.9 Å². The molecule has 3 heterocycles. The fourth-order valence-electron chi connectivity index (χ4n) is 3.59. The van der Waals surface area contributed by atoms with Gasteiger partial charge in [0.05, 0.1) is 28.1 Å². The molecule has 6 nitrogen and oxygen atoms in total. The van der Waals surface area contributed by atoms with Gasteiger partial charge in [-0.1, -0.05) is 36.4 Å². The highest BCUT2D eigenvalue weighted by Gasteiger charge is 2.20. The summed E-state index contributed by atoms with van der Waals surface area (Å²) >= 11 is 1.48. The van der Waals surface area contributed by atoms with Crippen LogP contribution in [0.5, 0.6) is 0 Å². The summed E-state index contributed by atoms with van der Waals surface area (Å²) < 4.78 is 3.74. The first-order valence-electron chi connectivity index (χ1n) is 9.99. The fraction of sp³-hybridized carbons (Fsp3) is 0.125. The van der Waals surface area contributed by atoms with Crippen molar-refractivity contribution in [3.63, 3.8) is 0 Å². The average molecular weight is 428 g/mol. The Labute approximate surface area is 184 Å².